The van der Waals surface area contributed by atoms with Gasteiger partial charge < -0.3 is 19.4 Å². The molecule has 7 nitrogen and oxygen atoms in total. The van der Waals surface area contributed by atoms with Crippen LogP contribution in [0.2, 0.25) is 0 Å². The van der Waals surface area contributed by atoms with Gasteiger partial charge in [0, 0.05) is 23.4 Å². The van der Waals surface area contributed by atoms with Crippen LogP contribution in [0.5, 0.6) is 0 Å². The van der Waals surface area contributed by atoms with E-state index in [2.05, 4.69) is 12.2 Å². The monoisotopic (exact) mass is 420 g/mol. The van der Waals surface area contributed by atoms with E-state index in [1.54, 1.807) is 37.5 Å². The molecular weight excluding hydrogens is 396 g/mol. The first-order valence-electron chi connectivity index (χ1n) is 10.3. The number of esters is 1. The molecule has 31 heavy (non-hydrogen) atoms. The van der Waals surface area contributed by atoms with Gasteiger partial charge in [-0.1, -0.05) is 31.2 Å². The van der Waals surface area contributed by atoms with Crippen LogP contribution < -0.4 is 10.2 Å². The minimum atomic E-state index is -0.513. The minimum Gasteiger partial charge on any atom is -0.464 e. The third-order valence-corrected chi connectivity index (χ3v) is 5.45. The number of nitrogens with zero attached hydrogens (tertiary/aromatic N) is 1. The number of carbonyl (C=O) groups is 3. The lowest BCUT2D eigenvalue weighted by Gasteiger charge is -2.27. The molecule has 2 aromatic carbocycles. The van der Waals surface area contributed by atoms with E-state index in [1.165, 1.54) is 4.90 Å². The lowest BCUT2D eigenvalue weighted by molar-refractivity contribution is -0.147. The van der Waals surface area contributed by atoms with Crippen molar-refractivity contribution < 1.29 is 23.5 Å². The Kier molecular flexibility index (Phi) is 5.75. The molecule has 0 spiro atoms. The molecular formula is C24H24N2O5. The second kappa shape index (κ2) is 8.63. The molecule has 2 heterocycles. The Balaban J connectivity index is 1.44. The number of aryl methyl sites for hydroxylation is 1. The Morgan fingerprint density at radius 1 is 1.23 bits per heavy atom. The number of nitrogens with one attached hydrogen (secondary N) is 1. The predicted octanol–water partition coefficient (Wildman–Crippen LogP) is 3.84. The van der Waals surface area contributed by atoms with E-state index >= 15 is 0 Å². The molecule has 1 aliphatic rings. The van der Waals surface area contributed by atoms with Gasteiger partial charge in [-0.15, -0.1) is 0 Å². The van der Waals surface area contributed by atoms with Crippen molar-refractivity contribution in [3.05, 3.63) is 59.9 Å². The lowest BCUT2D eigenvalue weighted by Crippen LogP contribution is -2.41. The van der Waals surface area contributed by atoms with Crippen molar-refractivity contribution in [3.8, 4) is 0 Å². The van der Waals surface area contributed by atoms with Gasteiger partial charge in [0.25, 0.3) is 5.91 Å². The maximum absolute atomic E-state index is 12.9. The number of furan rings is 1. The van der Waals surface area contributed by atoms with Gasteiger partial charge in [0.1, 0.15) is 5.58 Å². The summed E-state index contributed by atoms with van der Waals surface area (Å²) in [6.07, 6.45) is 2.62. The van der Waals surface area contributed by atoms with Crippen molar-refractivity contribution in [3.63, 3.8) is 0 Å². The summed E-state index contributed by atoms with van der Waals surface area (Å²) < 4.78 is 10.8. The molecule has 0 fully saturated rings. The number of anilines is 2. The van der Waals surface area contributed by atoms with Crippen LogP contribution in [-0.2, 0) is 32.0 Å². The van der Waals surface area contributed by atoms with Crippen molar-refractivity contribution in [2.75, 3.05) is 16.8 Å². The van der Waals surface area contributed by atoms with Gasteiger partial charge in [0.2, 0.25) is 5.91 Å². The van der Waals surface area contributed by atoms with Gasteiger partial charge in [-0.2, -0.15) is 0 Å². The highest BCUT2D eigenvalue weighted by Crippen LogP contribution is 2.31. The van der Waals surface area contributed by atoms with Crippen molar-refractivity contribution in [1.29, 1.82) is 0 Å². The Hall–Kier alpha value is -3.61. The van der Waals surface area contributed by atoms with Crippen LogP contribution >= 0.6 is 0 Å². The number of rotatable bonds is 5. The second-order valence-corrected chi connectivity index (χ2v) is 7.66. The van der Waals surface area contributed by atoms with Crippen LogP contribution in [0.15, 0.2) is 53.1 Å². The molecule has 2 amide bonds. The number of hydrogen-bond donors (Lipinski definition) is 1. The van der Waals surface area contributed by atoms with E-state index in [-0.39, 0.29) is 30.7 Å². The maximum Gasteiger partial charge on any atom is 0.310 e. The van der Waals surface area contributed by atoms with Crippen LogP contribution in [0.4, 0.5) is 11.4 Å². The van der Waals surface area contributed by atoms with Gasteiger partial charge in [-0.05, 0) is 37.1 Å². The number of hydrogen-bond acceptors (Lipinski definition) is 5. The summed E-state index contributed by atoms with van der Waals surface area (Å²) in [5.41, 5.74) is 3.76. The highest BCUT2D eigenvalue weighted by molar-refractivity contribution is 6.05. The molecule has 1 aliphatic heterocycles. The number of para-hydroxylation sites is 2. The summed E-state index contributed by atoms with van der Waals surface area (Å²) in [7, 11) is 0. The summed E-state index contributed by atoms with van der Waals surface area (Å²) in [6, 6.07) is 12.6. The molecule has 0 saturated carbocycles. The van der Waals surface area contributed by atoms with E-state index in [1.807, 2.05) is 18.2 Å². The maximum atomic E-state index is 12.9. The number of carbonyl (C=O) groups excluding carboxylic acids is 3. The van der Waals surface area contributed by atoms with Crippen LogP contribution in [0, 0.1) is 0 Å². The Morgan fingerprint density at radius 3 is 2.84 bits per heavy atom. The lowest BCUT2D eigenvalue weighted by atomic mass is 10.1. The largest absolute Gasteiger partial charge is 0.464 e. The van der Waals surface area contributed by atoms with E-state index in [0.29, 0.717) is 11.4 Å². The molecule has 0 saturated heterocycles. The second-order valence-electron chi connectivity index (χ2n) is 7.66. The molecule has 0 bridgehead atoms. The Bertz CT molecular complexity index is 1150. The van der Waals surface area contributed by atoms with Gasteiger partial charge in [0.15, 0.2) is 6.61 Å². The van der Waals surface area contributed by atoms with Gasteiger partial charge in [-0.25, -0.2) is 0 Å². The zero-order valence-electron chi connectivity index (χ0n) is 17.5. The molecule has 160 valence electrons. The molecule has 3 aromatic rings. The van der Waals surface area contributed by atoms with E-state index in [9.17, 15) is 14.4 Å². The number of amides is 2. The minimum absolute atomic E-state index is 0.0118. The normalized spacial score (nSPS) is 15.9. The highest BCUT2D eigenvalue weighted by atomic mass is 16.5. The van der Waals surface area contributed by atoms with Gasteiger partial charge >= 0.3 is 5.97 Å². The molecule has 1 aromatic heterocycles. The van der Waals surface area contributed by atoms with Gasteiger partial charge in [-0.3, -0.25) is 14.4 Å². The zero-order valence-corrected chi connectivity index (χ0v) is 17.5. The van der Waals surface area contributed by atoms with E-state index in [4.69, 9.17) is 9.15 Å². The third-order valence-electron chi connectivity index (χ3n) is 5.45. The van der Waals surface area contributed by atoms with Crippen molar-refractivity contribution >= 4 is 40.1 Å². The van der Waals surface area contributed by atoms with Crippen LogP contribution in [0.1, 0.15) is 31.4 Å². The van der Waals surface area contributed by atoms with Gasteiger partial charge in [0.05, 0.1) is 24.1 Å². The molecule has 1 atom stereocenters. The molecule has 4 rings (SSSR count). The predicted molar refractivity (Wildman–Crippen MR) is 117 cm³/mol. The zero-order chi connectivity index (χ0) is 22.0. The van der Waals surface area contributed by atoms with Crippen molar-refractivity contribution in [2.24, 2.45) is 0 Å². The van der Waals surface area contributed by atoms with Crippen molar-refractivity contribution in [1.82, 2.24) is 0 Å². The SMILES string of the molecule is CCc1ccc2c(CC(=O)OCC(=O)N3c4ccccc4NC(=O)C[C@H]3C)coc2c1. The topological polar surface area (TPSA) is 88.9 Å². The number of fused-ring (bicyclic) bond motifs is 2. The van der Waals surface area contributed by atoms with E-state index in [0.717, 1.165) is 28.5 Å². The number of ether oxygens (including phenoxy) is 1. The van der Waals surface area contributed by atoms with Crippen LogP contribution in [0.25, 0.3) is 11.0 Å². The summed E-state index contributed by atoms with van der Waals surface area (Å²) in [6.45, 7) is 3.46. The molecule has 0 unspecified atom stereocenters. The summed E-state index contributed by atoms with van der Waals surface area (Å²) >= 11 is 0. The highest BCUT2D eigenvalue weighted by Gasteiger charge is 2.30. The summed E-state index contributed by atoms with van der Waals surface area (Å²) in [4.78, 5) is 38.9. The fraction of sp³-hybridized carbons (Fsp3) is 0.292. The third kappa shape index (κ3) is 4.30. The standard InChI is InChI=1S/C24H24N2O5/c1-3-16-8-9-18-17(13-30-21(18)11-16)12-24(29)31-14-23(28)26-15(2)10-22(27)25-19-6-4-5-7-20(19)26/h4-9,11,13,15H,3,10,12,14H2,1-2H3,(H,25,27)/t15-/m1/s1. The fourth-order valence-corrected chi connectivity index (χ4v) is 3.87. The van der Waals surface area contributed by atoms with Crippen LogP contribution in [-0.4, -0.2) is 30.4 Å². The molecule has 0 radical (unpaired) electrons. The van der Waals surface area contributed by atoms with E-state index < -0.39 is 12.6 Å². The fourth-order valence-electron chi connectivity index (χ4n) is 3.87. The first kappa shape index (κ1) is 20.7. The smallest absolute Gasteiger partial charge is 0.310 e. The van der Waals surface area contributed by atoms with Crippen molar-refractivity contribution in [2.45, 2.75) is 39.2 Å². The quantitative estimate of drug-likeness (QED) is 0.634. The number of benzene rings is 2. The molecule has 1 N–H and O–H groups in total. The Labute approximate surface area is 180 Å². The first-order valence-corrected chi connectivity index (χ1v) is 10.3. The molecule has 7 heteroatoms. The summed E-state index contributed by atoms with van der Waals surface area (Å²) in [5, 5.41) is 3.67. The first-order chi connectivity index (χ1) is 15.0. The summed E-state index contributed by atoms with van der Waals surface area (Å²) in [5.74, 6) is -1.06. The Morgan fingerprint density at radius 2 is 2.03 bits per heavy atom. The van der Waals surface area contributed by atoms with Crippen LogP contribution in [0.3, 0.4) is 0 Å². The average Bonchev–Trinajstić information content (AvgIpc) is 3.09. The average molecular weight is 420 g/mol. The molecule has 0 aliphatic carbocycles.